The summed E-state index contributed by atoms with van der Waals surface area (Å²) in [4.78, 5) is 12.2. The van der Waals surface area contributed by atoms with Gasteiger partial charge in [0.05, 0.1) is 6.20 Å². The quantitative estimate of drug-likeness (QED) is 0.799. The highest BCUT2D eigenvalue weighted by Gasteiger charge is 2.12. The van der Waals surface area contributed by atoms with Crippen molar-refractivity contribution >= 4 is 11.6 Å². The molecule has 2 heterocycles. The molecule has 0 saturated heterocycles. The van der Waals surface area contributed by atoms with Crippen molar-refractivity contribution in [3.63, 3.8) is 0 Å². The van der Waals surface area contributed by atoms with E-state index in [4.69, 9.17) is 0 Å². The zero-order chi connectivity index (χ0) is 13.9. The van der Waals surface area contributed by atoms with Crippen LogP contribution in [0.25, 0.3) is 0 Å². The molecule has 5 heteroatoms. The second-order valence-corrected chi connectivity index (χ2v) is 5.11. The summed E-state index contributed by atoms with van der Waals surface area (Å²) in [6.45, 7) is 3.45. The van der Waals surface area contributed by atoms with Crippen molar-refractivity contribution in [1.82, 2.24) is 15.5 Å². The Morgan fingerprint density at radius 2 is 2.35 bits per heavy atom. The van der Waals surface area contributed by atoms with E-state index in [1.165, 1.54) is 5.56 Å². The lowest BCUT2D eigenvalue weighted by molar-refractivity contribution is 0.0951. The minimum absolute atomic E-state index is 0.0426. The largest absolute Gasteiger partial charge is 0.385 e. The number of aromatic nitrogens is 2. The van der Waals surface area contributed by atoms with Gasteiger partial charge in [-0.3, -0.25) is 9.89 Å². The Bertz CT molecular complexity index is 633. The number of fused-ring (bicyclic) bond motifs is 1. The molecule has 1 aliphatic heterocycles. The molecule has 0 fully saturated rings. The number of benzene rings is 1. The van der Waals surface area contributed by atoms with E-state index < -0.39 is 0 Å². The van der Waals surface area contributed by atoms with Gasteiger partial charge in [-0.1, -0.05) is 0 Å². The summed E-state index contributed by atoms with van der Waals surface area (Å²) in [7, 11) is 0. The number of carbonyl (C=O) groups is 1. The van der Waals surface area contributed by atoms with E-state index in [1.807, 2.05) is 25.1 Å². The molecule has 0 spiro atoms. The summed E-state index contributed by atoms with van der Waals surface area (Å²) in [5.41, 5.74) is 5.09. The van der Waals surface area contributed by atoms with Crippen LogP contribution in [0.4, 0.5) is 5.69 Å². The van der Waals surface area contributed by atoms with Crippen LogP contribution in [-0.2, 0) is 13.0 Å². The van der Waals surface area contributed by atoms with Crippen LogP contribution >= 0.6 is 0 Å². The second-order valence-electron chi connectivity index (χ2n) is 5.11. The fourth-order valence-electron chi connectivity index (χ4n) is 2.45. The molecule has 104 valence electrons. The first-order valence-electron chi connectivity index (χ1n) is 6.88. The number of hydrogen-bond acceptors (Lipinski definition) is 3. The first kappa shape index (κ1) is 12.7. The van der Waals surface area contributed by atoms with Crippen molar-refractivity contribution in [3.05, 3.63) is 46.8 Å². The van der Waals surface area contributed by atoms with Crippen LogP contribution in [-0.4, -0.2) is 22.6 Å². The number of nitrogens with one attached hydrogen (secondary N) is 3. The number of hydrogen-bond donors (Lipinski definition) is 3. The summed E-state index contributed by atoms with van der Waals surface area (Å²) >= 11 is 0. The molecule has 20 heavy (non-hydrogen) atoms. The van der Waals surface area contributed by atoms with E-state index in [2.05, 4.69) is 20.8 Å². The molecule has 1 aromatic heterocycles. The van der Waals surface area contributed by atoms with E-state index in [0.717, 1.165) is 36.3 Å². The van der Waals surface area contributed by atoms with E-state index in [0.29, 0.717) is 12.1 Å². The predicted molar refractivity (Wildman–Crippen MR) is 77.7 cm³/mol. The Hall–Kier alpha value is -2.30. The molecule has 0 aliphatic carbocycles. The lowest BCUT2D eigenvalue weighted by atomic mass is 10.0. The van der Waals surface area contributed by atoms with Crippen LogP contribution in [0.3, 0.4) is 0 Å². The topological polar surface area (TPSA) is 69.8 Å². The highest BCUT2D eigenvalue weighted by Crippen LogP contribution is 2.22. The molecular weight excluding hydrogens is 252 g/mol. The van der Waals surface area contributed by atoms with Gasteiger partial charge in [-0.15, -0.1) is 0 Å². The normalized spacial score (nSPS) is 13.4. The van der Waals surface area contributed by atoms with E-state index in [-0.39, 0.29) is 5.91 Å². The van der Waals surface area contributed by atoms with Gasteiger partial charge >= 0.3 is 0 Å². The Kier molecular flexibility index (Phi) is 3.41. The average Bonchev–Trinajstić information content (AvgIpc) is 2.89. The first-order valence-corrected chi connectivity index (χ1v) is 6.88. The van der Waals surface area contributed by atoms with Crippen LogP contribution in [0.1, 0.15) is 33.6 Å². The number of aromatic amines is 1. The third-order valence-electron chi connectivity index (χ3n) is 3.68. The molecule has 1 aromatic carbocycles. The van der Waals surface area contributed by atoms with E-state index >= 15 is 0 Å². The smallest absolute Gasteiger partial charge is 0.251 e. The molecule has 3 N–H and O–H groups in total. The molecule has 1 amide bonds. The van der Waals surface area contributed by atoms with Crippen LogP contribution in [0.15, 0.2) is 24.4 Å². The Labute approximate surface area is 117 Å². The SMILES string of the molecule is Cc1[nH]ncc1CNC(=O)c1ccc2c(c1)CCCN2. The van der Waals surface area contributed by atoms with Gasteiger partial charge in [-0.2, -0.15) is 5.10 Å². The van der Waals surface area contributed by atoms with E-state index in [9.17, 15) is 4.79 Å². The summed E-state index contributed by atoms with van der Waals surface area (Å²) in [5.74, 6) is -0.0426. The molecule has 2 aromatic rings. The number of aryl methyl sites for hydroxylation is 2. The zero-order valence-corrected chi connectivity index (χ0v) is 11.5. The van der Waals surface area contributed by atoms with Crippen molar-refractivity contribution in [2.75, 3.05) is 11.9 Å². The van der Waals surface area contributed by atoms with Gasteiger partial charge in [-0.05, 0) is 43.5 Å². The molecule has 0 unspecified atom stereocenters. The van der Waals surface area contributed by atoms with Crippen molar-refractivity contribution in [2.24, 2.45) is 0 Å². The van der Waals surface area contributed by atoms with Gasteiger partial charge < -0.3 is 10.6 Å². The highest BCUT2D eigenvalue weighted by atomic mass is 16.1. The molecule has 0 saturated carbocycles. The number of H-pyrrole nitrogens is 1. The van der Waals surface area contributed by atoms with Gasteiger partial charge in [0.2, 0.25) is 0 Å². The predicted octanol–water partition coefficient (Wildman–Crippen LogP) is 2.01. The fraction of sp³-hybridized carbons (Fsp3) is 0.333. The molecule has 0 bridgehead atoms. The van der Waals surface area contributed by atoms with Crippen LogP contribution < -0.4 is 10.6 Å². The Morgan fingerprint density at radius 3 is 3.15 bits per heavy atom. The minimum atomic E-state index is -0.0426. The van der Waals surface area contributed by atoms with Crippen LogP contribution in [0, 0.1) is 6.92 Å². The Morgan fingerprint density at radius 1 is 1.45 bits per heavy atom. The zero-order valence-electron chi connectivity index (χ0n) is 11.5. The fourth-order valence-corrected chi connectivity index (χ4v) is 2.45. The summed E-state index contributed by atoms with van der Waals surface area (Å²) in [5, 5.41) is 13.1. The van der Waals surface area contributed by atoms with Gasteiger partial charge in [0.1, 0.15) is 0 Å². The molecule has 5 nitrogen and oxygen atoms in total. The minimum Gasteiger partial charge on any atom is -0.385 e. The third kappa shape index (κ3) is 2.52. The summed E-state index contributed by atoms with van der Waals surface area (Å²) in [6, 6.07) is 5.85. The highest BCUT2D eigenvalue weighted by molar-refractivity contribution is 5.94. The van der Waals surface area contributed by atoms with Gasteiger partial charge in [-0.25, -0.2) is 0 Å². The molecule has 0 radical (unpaired) electrons. The third-order valence-corrected chi connectivity index (χ3v) is 3.68. The molecule has 1 aliphatic rings. The number of nitrogens with zero attached hydrogens (tertiary/aromatic N) is 1. The second kappa shape index (κ2) is 5.36. The maximum atomic E-state index is 12.2. The first-order chi connectivity index (χ1) is 9.74. The van der Waals surface area contributed by atoms with Crippen LogP contribution in [0.2, 0.25) is 0 Å². The van der Waals surface area contributed by atoms with Gasteiger partial charge in [0.25, 0.3) is 5.91 Å². The van der Waals surface area contributed by atoms with Crippen molar-refractivity contribution in [1.29, 1.82) is 0 Å². The van der Waals surface area contributed by atoms with Crippen molar-refractivity contribution in [3.8, 4) is 0 Å². The van der Waals surface area contributed by atoms with E-state index in [1.54, 1.807) is 6.20 Å². The van der Waals surface area contributed by atoms with Crippen molar-refractivity contribution < 1.29 is 4.79 Å². The molecule has 0 atom stereocenters. The Balaban J connectivity index is 1.69. The van der Waals surface area contributed by atoms with Crippen LogP contribution in [0.5, 0.6) is 0 Å². The maximum Gasteiger partial charge on any atom is 0.251 e. The number of amides is 1. The lowest BCUT2D eigenvalue weighted by Gasteiger charge is -2.18. The monoisotopic (exact) mass is 270 g/mol. The number of carbonyl (C=O) groups excluding carboxylic acids is 1. The summed E-state index contributed by atoms with van der Waals surface area (Å²) in [6.07, 6.45) is 3.89. The van der Waals surface area contributed by atoms with Gasteiger partial charge in [0, 0.05) is 35.6 Å². The number of anilines is 1. The standard InChI is InChI=1S/C15H18N4O/c1-10-13(9-18-19-10)8-17-15(20)12-4-5-14-11(7-12)3-2-6-16-14/h4-5,7,9,16H,2-3,6,8H2,1H3,(H,17,20)(H,18,19). The van der Waals surface area contributed by atoms with Crippen molar-refractivity contribution in [2.45, 2.75) is 26.3 Å². The molecule has 3 rings (SSSR count). The number of rotatable bonds is 3. The molecular formula is C15H18N4O. The summed E-state index contributed by atoms with van der Waals surface area (Å²) < 4.78 is 0. The average molecular weight is 270 g/mol. The maximum absolute atomic E-state index is 12.2. The lowest BCUT2D eigenvalue weighted by Crippen LogP contribution is -2.23. The van der Waals surface area contributed by atoms with Gasteiger partial charge in [0.15, 0.2) is 0 Å².